The van der Waals surface area contributed by atoms with Crippen LogP contribution in [0.15, 0.2) is 6.07 Å². The zero-order valence-electron chi connectivity index (χ0n) is 10.7. The average molecular weight is 280 g/mol. The van der Waals surface area contributed by atoms with E-state index in [-0.39, 0.29) is 18.5 Å². The van der Waals surface area contributed by atoms with Crippen LogP contribution in [0.2, 0.25) is 0 Å². The van der Waals surface area contributed by atoms with Crippen molar-refractivity contribution in [2.75, 3.05) is 18.7 Å². The van der Waals surface area contributed by atoms with E-state index in [2.05, 4.69) is 5.10 Å². The van der Waals surface area contributed by atoms with E-state index in [1.807, 2.05) is 0 Å². The third kappa shape index (κ3) is 2.40. The van der Waals surface area contributed by atoms with Crippen molar-refractivity contribution < 1.29 is 23.1 Å². The highest BCUT2D eigenvalue weighted by Crippen LogP contribution is 2.33. The van der Waals surface area contributed by atoms with Crippen LogP contribution in [0.25, 0.3) is 0 Å². The van der Waals surface area contributed by atoms with Gasteiger partial charge in [0.2, 0.25) is 0 Å². The van der Waals surface area contributed by atoms with Crippen molar-refractivity contribution >= 4 is 5.82 Å². The maximum absolute atomic E-state index is 12.7. The minimum Gasteiger partial charge on any atom is -0.372 e. The highest BCUT2D eigenvalue weighted by atomic mass is 19.4. The van der Waals surface area contributed by atoms with E-state index in [4.69, 9.17) is 4.84 Å². The molecule has 1 aliphatic rings. The van der Waals surface area contributed by atoms with Crippen LogP contribution in [0, 0.1) is 0 Å². The lowest BCUT2D eigenvalue weighted by atomic mass is 10.3. The average Bonchev–Trinajstić information content (AvgIpc) is 2.82. The monoisotopic (exact) mass is 280 g/mol. The molecule has 0 spiro atoms. The Labute approximate surface area is 107 Å². The predicted molar refractivity (Wildman–Crippen MR) is 59.9 cm³/mol. The number of aliphatic hydroxyl groups excluding tert-OH is 1. The van der Waals surface area contributed by atoms with Crippen molar-refractivity contribution in [1.29, 1.82) is 0 Å². The molecule has 1 aromatic rings. The molecule has 1 aliphatic heterocycles. The van der Waals surface area contributed by atoms with E-state index >= 15 is 0 Å². The first-order valence-corrected chi connectivity index (χ1v) is 5.62. The zero-order chi connectivity index (χ0) is 14.4. The van der Waals surface area contributed by atoms with Crippen molar-refractivity contribution in [3.8, 4) is 0 Å². The summed E-state index contributed by atoms with van der Waals surface area (Å²) in [5.41, 5.74) is -0.863. The second-order valence-corrected chi connectivity index (χ2v) is 4.37. The van der Waals surface area contributed by atoms with Crippen LogP contribution in [0.4, 0.5) is 19.0 Å². The van der Waals surface area contributed by atoms with Crippen molar-refractivity contribution in [2.24, 2.45) is 7.05 Å². The minimum absolute atomic E-state index is 0.0636. The Bertz CT molecular complexity index is 462. The van der Waals surface area contributed by atoms with Gasteiger partial charge in [0.1, 0.15) is 11.9 Å². The van der Waals surface area contributed by atoms with Gasteiger partial charge in [0.25, 0.3) is 0 Å². The number of nitrogens with zero attached hydrogens (tertiary/aromatic N) is 4. The Morgan fingerprint density at radius 2 is 2.11 bits per heavy atom. The summed E-state index contributed by atoms with van der Waals surface area (Å²) in [6.45, 7) is 1.86. The third-order valence-electron chi connectivity index (χ3n) is 3.18. The highest BCUT2D eigenvalue weighted by molar-refractivity contribution is 5.42. The number of halogens is 3. The molecule has 0 bridgehead atoms. The molecule has 19 heavy (non-hydrogen) atoms. The quantitative estimate of drug-likeness (QED) is 0.868. The fraction of sp³-hybridized carbons (Fsp3) is 0.700. The standard InChI is InChI=1S/C10H15F3N4O2/c1-6-9(18)16(5-17(6)19-3)8-4-7(10(11,12)13)15(2)14-8/h4,6,9,18H,5H2,1-3H3. The number of hydroxylamine groups is 2. The molecule has 0 saturated carbocycles. The molecule has 2 unspecified atom stereocenters. The molecule has 2 heterocycles. The highest BCUT2D eigenvalue weighted by Gasteiger charge is 2.40. The number of aromatic nitrogens is 2. The normalized spacial score (nSPS) is 25.3. The summed E-state index contributed by atoms with van der Waals surface area (Å²) in [6, 6.07) is 0.552. The van der Waals surface area contributed by atoms with Gasteiger partial charge in [-0.2, -0.15) is 23.3 Å². The van der Waals surface area contributed by atoms with Crippen LogP contribution in [0.1, 0.15) is 12.6 Å². The van der Waals surface area contributed by atoms with Gasteiger partial charge < -0.3 is 14.8 Å². The first-order valence-electron chi connectivity index (χ1n) is 5.62. The summed E-state index contributed by atoms with van der Waals surface area (Å²) in [6.07, 6.45) is -5.45. The summed E-state index contributed by atoms with van der Waals surface area (Å²) < 4.78 is 38.8. The largest absolute Gasteiger partial charge is 0.433 e. The van der Waals surface area contributed by atoms with Crippen LogP contribution in [0.3, 0.4) is 0 Å². The lowest BCUT2D eigenvalue weighted by Gasteiger charge is -2.19. The Morgan fingerprint density at radius 1 is 1.47 bits per heavy atom. The van der Waals surface area contributed by atoms with Gasteiger partial charge >= 0.3 is 6.18 Å². The smallest absolute Gasteiger partial charge is 0.372 e. The molecule has 1 fully saturated rings. The van der Waals surface area contributed by atoms with E-state index in [0.717, 1.165) is 10.7 Å². The molecule has 0 aliphatic carbocycles. The minimum atomic E-state index is -4.47. The summed E-state index contributed by atoms with van der Waals surface area (Å²) >= 11 is 0. The van der Waals surface area contributed by atoms with Crippen LogP contribution < -0.4 is 4.90 Å². The van der Waals surface area contributed by atoms with Gasteiger partial charge in [-0.25, -0.2) is 0 Å². The lowest BCUT2D eigenvalue weighted by Crippen LogP contribution is -2.34. The first kappa shape index (κ1) is 14.1. The topological polar surface area (TPSA) is 53.8 Å². The van der Waals surface area contributed by atoms with Gasteiger partial charge in [-0.15, -0.1) is 0 Å². The molecule has 1 N–H and O–H groups in total. The van der Waals surface area contributed by atoms with Crippen LogP contribution in [0.5, 0.6) is 0 Å². The van der Waals surface area contributed by atoms with Gasteiger partial charge in [-0.3, -0.25) is 4.68 Å². The Morgan fingerprint density at radius 3 is 2.53 bits per heavy atom. The first-order chi connectivity index (χ1) is 8.75. The maximum atomic E-state index is 12.7. The van der Waals surface area contributed by atoms with E-state index in [9.17, 15) is 18.3 Å². The van der Waals surface area contributed by atoms with Gasteiger partial charge in [0.15, 0.2) is 5.82 Å². The van der Waals surface area contributed by atoms with Crippen molar-refractivity contribution in [3.05, 3.63) is 11.8 Å². The van der Waals surface area contributed by atoms with Crippen LogP contribution in [-0.4, -0.2) is 46.0 Å². The van der Waals surface area contributed by atoms with Crippen LogP contribution in [-0.2, 0) is 18.1 Å². The zero-order valence-corrected chi connectivity index (χ0v) is 10.7. The molecule has 9 heteroatoms. The molecular weight excluding hydrogens is 265 g/mol. The third-order valence-corrected chi connectivity index (χ3v) is 3.18. The molecule has 6 nitrogen and oxygen atoms in total. The van der Waals surface area contributed by atoms with Gasteiger partial charge in [0.05, 0.1) is 19.8 Å². The number of hydrogen-bond acceptors (Lipinski definition) is 5. The molecule has 1 aromatic heterocycles. The number of alkyl halides is 3. The van der Waals surface area contributed by atoms with E-state index in [1.54, 1.807) is 6.92 Å². The van der Waals surface area contributed by atoms with Gasteiger partial charge in [-0.05, 0) is 6.92 Å². The van der Waals surface area contributed by atoms with Crippen LogP contribution >= 0.6 is 0 Å². The number of anilines is 1. The second-order valence-electron chi connectivity index (χ2n) is 4.37. The number of hydrogen-bond donors (Lipinski definition) is 1. The Balaban J connectivity index is 2.29. The Hall–Kier alpha value is -1.32. The predicted octanol–water partition coefficient (Wildman–Crippen LogP) is 0.787. The van der Waals surface area contributed by atoms with E-state index < -0.39 is 18.1 Å². The summed E-state index contributed by atoms with van der Waals surface area (Å²) in [5, 5.41) is 15.2. The molecule has 0 aromatic carbocycles. The van der Waals surface area contributed by atoms with Gasteiger partial charge in [-0.1, -0.05) is 0 Å². The molecule has 0 radical (unpaired) electrons. The summed E-state index contributed by atoms with van der Waals surface area (Å²) in [5.74, 6) is 0.0636. The van der Waals surface area contributed by atoms with Crippen molar-refractivity contribution in [1.82, 2.24) is 14.8 Å². The van der Waals surface area contributed by atoms with E-state index in [1.165, 1.54) is 24.1 Å². The molecule has 108 valence electrons. The van der Waals surface area contributed by atoms with Gasteiger partial charge in [0, 0.05) is 13.1 Å². The fourth-order valence-electron chi connectivity index (χ4n) is 2.06. The summed E-state index contributed by atoms with van der Waals surface area (Å²) in [4.78, 5) is 6.38. The number of aliphatic hydroxyl groups is 1. The molecule has 0 amide bonds. The SMILES string of the molecule is CON1CN(c2cc(C(F)(F)F)n(C)n2)C(O)C1C. The lowest BCUT2D eigenvalue weighted by molar-refractivity contribution is -0.146. The molecule has 1 saturated heterocycles. The molecular formula is C10H15F3N4O2. The number of aryl methyl sites for hydroxylation is 1. The van der Waals surface area contributed by atoms with E-state index in [0.29, 0.717) is 0 Å². The fourth-order valence-corrected chi connectivity index (χ4v) is 2.06. The molecule has 2 atom stereocenters. The Kier molecular flexibility index (Phi) is 3.45. The maximum Gasteiger partial charge on any atom is 0.433 e. The van der Waals surface area contributed by atoms with Crippen molar-refractivity contribution in [2.45, 2.75) is 25.4 Å². The molecule has 2 rings (SSSR count). The number of rotatable bonds is 2. The van der Waals surface area contributed by atoms with Crippen molar-refractivity contribution in [3.63, 3.8) is 0 Å². The second kappa shape index (κ2) is 4.66. The summed E-state index contributed by atoms with van der Waals surface area (Å²) in [7, 11) is 2.65.